The van der Waals surface area contributed by atoms with Crippen molar-refractivity contribution < 1.29 is 14.7 Å². The predicted molar refractivity (Wildman–Crippen MR) is 91.4 cm³/mol. The van der Waals surface area contributed by atoms with E-state index in [0.29, 0.717) is 18.0 Å². The van der Waals surface area contributed by atoms with E-state index in [9.17, 15) is 14.7 Å². The standard InChI is InChI=1S/C18H20N2O3S/c1-11-15(12-7-3-2-4-8-12)19-18(24-11)20-16(21)13-9-5-6-10-14(13)17(22)23/h2-4,7-8,13-14H,5-6,9-10H2,1H3,(H,22,23)(H,19,20,21)/p-1/t13-,14+/m1/s1. The van der Waals surface area contributed by atoms with Crippen molar-refractivity contribution in [2.24, 2.45) is 11.8 Å². The van der Waals surface area contributed by atoms with Gasteiger partial charge in [-0.25, -0.2) is 4.98 Å². The number of thiazole rings is 1. The van der Waals surface area contributed by atoms with Crippen molar-refractivity contribution in [2.75, 3.05) is 5.32 Å². The minimum Gasteiger partial charge on any atom is -0.550 e. The fourth-order valence-electron chi connectivity index (χ4n) is 3.24. The van der Waals surface area contributed by atoms with Crippen LogP contribution in [0.1, 0.15) is 30.6 Å². The third kappa shape index (κ3) is 3.48. The molecule has 2 atom stereocenters. The molecule has 1 fully saturated rings. The molecule has 126 valence electrons. The van der Waals surface area contributed by atoms with Crippen LogP contribution in [0.5, 0.6) is 0 Å². The van der Waals surface area contributed by atoms with E-state index in [-0.39, 0.29) is 5.91 Å². The molecule has 0 spiro atoms. The molecule has 5 nitrogen and oxygen atoms in total. The van der Waals surface area contributed by atoms with Crippen LogP contribution in [0.2, 0.25) is 0 Å². The van der Waals surface area contributed by atoms with Crippen molar-refractivity contribution in [3.63, 3.8) is 0 Å². The number of aryl methyl sites for hydroxylation is 1. The Morgan fingerprint density at radius 3 is 2.50 bits per heavy atom. The van der Waals surface area contributed by atoms with Gasteiger partial charge in [0.25, 0.3) is 0 Å². The summed E-state index contributed by atoms with van der Waals surface area (Å²) >= 11 is 1.41. The van der Waals surface area contributed by atoms with Gasteiger partial charge in [0.2, 0.25) is 5.91 Å². The van der Waals surface area contributed by atoms with Crippen LogP contribution in [-0.2, 0) is 9.59 Å². The number of rotatable bonds is 4. The zero-order valence-corrected chi connectivity index (χ0v) is 14.3. The number of aliphatic carboxylic acids is 1. The molecule has 0 bridgehead atoms. The van der Waals surface area contributed by atoms with Crippen LogP contribution in [0.4, 0.5) is 5.13 Å². The molecule has 0 unspecified atom stereocenters. The second-order valence-corrected chi connectivity index (χ2v) is 7.30. The highest BCUT2D eigenvalue weighted by Crippen LogP contribution is 2.33. The van der Waals surface area contributed by atoms with Crippen molar-refractivity contribution in [3.8, 4) is 11.3 Å². The molecule has 2 aromatic rings. The van der Waals surface area contributed by atoms with Crippen molar-refractivity contribution in [1.82, 2.24) is 4.98 Å². The van der Waals surface area contributed by atoms with Gasteiger partial charge in [0, 0.05) is 28.2 Å². The van der Waals surface area contributed by atoms with Crippen LogP contribution in [0.25, 0.3) is 11.3 Å². The second-order valence-electron chi connectivity index (χ2n) is 6.10. The van der Waals surface area contributed by atoms with Gasteiger partial charge in [0.15, 0.2) is 5.13 Å². The summed E-state index contributed by atoms with van der Waals surface area (Å²) in [7, 11) is 0. The van der Waals surface area contributed by atoms with E-state index in [1.165, 1.54) is 11.3 Å². The average Bonchev–Trinajstić information content (AvgIpc) is 2.96. The van der Waals surface area contributed by atoms with Gasteiger partial charge < -0.3 is 15.2 Å². The fourth-order valence-corrected chi connectivity index (χ4v) is 4.08. The molecule has 1 aliphatic rings. The van der Waals surface area contributed by atoms with E-state index in [2.05, 4.69) is 10.3 Å². The van der Waals surface area contributed by atoms with E-state index in [4.69, 9.17) is 0 Å². The third-order valence-corrected chi connectivity index (χ3v) is 5.37. The zero-order valence-electron chi connectivity index (χ0n) is 13.5. The van der Waals surface area contributed by atoms with Crippen molar-refractivity contribution >= 4 is 28.3 Å². The van der Waals surface area contributed by atoms with E-state index < -0.39 is 17.8 Å². The predicted octanol–water partition coefficient (Wildman–Crippen LogP) is 2.61. The Kier molecular flexibility index (Phi) is 4.94. The van der Waals surface area contributed by atoms with E-state index in [0.717, 1.165) is 29.0 Å². The molecule has 1 N–H and O–H groups in total. The number of aromatic nitrogens is 1. The van der Waals surface area contributed by atoms with Gasteiger partial charge in [-0.15, -0.1) is 11.3 Å². The molecule has 1 aliphatic carbocycles. The number of carboxylic acid groups (broad SMARTS) is 1. The summed E-state index contributed by atoms with van der Waals surface area (Å²) in [5.74, 6) is -2.63. The molecule has 1 heterocycles. The molecule has 6 heteroatoms. The first-order valence-electron chi connectivity index (χ1n) is 8.11. The smallest absolute Gasteiger partial charge is 0.229 e. The van der Waals surface area contributed by atoms with Gasteiger partial charge in [-0.3, -0.25) is 4.79 Å². The minimum atomic E-state index is -1.13. The van der Waals surface area contributed by atoms with Gasteiger partial charge in [-0.1, -0.05) is 43.2 Å². The first kappa shape index (κ1) is 16.6. The van der Waals surface area contributed by atoms with E-state index in [1.54, 1.807) is 0 Å². The Bertz CT molecular complexity index is 742. The van der Waals surface area contributed by atoms with Crippen molar-refractivity contribution in [3.05, 3.63) is 35.2 Å². The molecule has 0 aliphatic heterocycles. The molecule has 0 radical (unpaired) electrons. The van der Waals surface area contributed by atoms with Gasteiger partial charge in [-0.2, -0.15) is 0 Å². The minimum absolute atomic E-state index is 0.266. The summed E-state index contributed by atoms with van der Waals surface area (Å²) in [5, 5.41) is 14.6. The van der Waals surface area contributed by atoms with E-state index >= 15 is 0 Å². The first-order chi connectivity index (χ1) is 11.6. The maximum absolute atomic E-state index is 12.5. The molecular formula is C18H19N2O3S-. The number of benzene rings is 1. The number of nitrogens with one attached hydrogen (secondary N) is 1. The lowest BCUT2D eigenvalue weighted by molar-refractivity contribution is -0.313. The van der Waals surface area contributed by atoms with Crippen LogP contribution >= 0.6 is 11.3 Å². The number of anilines is 1. The summed E-state index contributed by atoms with van der Waals surface area (Å²) in [4.78, 5) is 29.3. The monoisotopic (exact) mass is 343 g/mol. The van der Waals surface area contributed by atoms with Crippen LogP contribution < -0.4 is 10.4 Å². The van der Waals surface area contributed by atoms with Crippen LogP contribution in [0.15, 0.2) is 30.3 Å². The van der Waals surface area contributed by atoms with Crippen molar-refractivity contribution in [2.45, 2.75) is 32.6 Å². The topological polar surface area (TPSA) is 82.1 Å². The Labute approximate surface area is 144 Å². The summed E-state index contributed by atoms with van der Waals surface area (Å²) in [6, 6.07) is 9.77. The summed E-state index contributed by atoms with van der Waals surface area (Å²) in [6.45, 7) is 1.96. The fraction of sp³-hybridized carbons (Fsp3) is 0.389. The normalized spacial score (nSPS) is 20.5. The lowest BCUT2D eigenvalue weighted by atomic mass is 9.79. The zero-order chi connectivity index (χ0) is 17.1. The number of amides is 1. The largest absolute Gasteiger partial charge is 0.550 e. The number of nitrogens with zero attached hydrogens (tertiary/aromatic N) is 1. The van der Waals surface area contributed by atoms with Gasteiger partial charge >= 0.3 is 0 Å². The molecule has 0 saturated heterocycles. The quantitative estimate of drug-likeness (QED) is 0.925. The maximum Gasteiger partial charge on any atom is 0.229 e. The average molecular weight is 343 g/mol. The summed E-state index contributed by atoms with van der Waals surface area (Å²) in [5.41, 5.74) is 1.84. The Hall–Kier alpha value is -2.21. The van der Waals surface area contributed by atoms with Crippen LogP contribution in [0.3, 0.4) is 0 Å². The van der Waals surface area contributed by atoms with E-state index in [1.807, 2.05) is 37.3 Å². The molecule has 24 heavy (non-hydrogen) atoms. The van der Waals surface area contributed by atoms with Crippen molar-refractivity contribution in [1.29, 1.82) is 0 Å². The third-order valence-electron chi connectivity index (χ3n) is 4.48. The number of carboxylic acids is 1. The SMILES string of the molecule is Cc1sc(NC(=O)[C@@H]2CCCC[C@@H]2C(=O)[O-])nc1-c1ccccc1. The highest BCUT2D eigenvalue weighted by Gasteiger charge is 2.32. The molecule has 1 aromatic carbocycles. The Morgan fingerprint density at radius 1 is 1.17 bits per heavy atom. The molecule has 1 saturated carbocycles. The number of hydrogen-bond acceptors (Lipinski definition) is 5. The molecule has 1 aromatic heterocycles. The van der Waals surface area contributed by atoms with Gasteiger partial charge in [-0.05, 0) is 19.8 Å². The highest BCUT2D eigenvalue weighted by molar-refractivity contribution is 7.16. The lowest BCUT2D eigenvalue weighted by Gasteiger charge is -2.30. The Balaban J connectivity index is 1.76. The number of carbonyl (C=O) groups is 2. The molecular weight excluding hydrogens is 324 g/mol. The van der Waals surface area contributed by atoms with Gasteiger partial charge in [0.05, 0.1) is 5.69 Å². The van der Waals surface area contributed by atoms with Gasteiger partial charge in [0.1, 0.15) is 0 Å². The first-order valence-corrected chi connectivity index (χ1v) is 8.92. The molecule has 3 rings (SSSR count). The van der Waals surface area contributed by atoms with Crippen LogP contribution in [-0.4, -0.2) is 16.9 Å². The summed E-state index contributed by atoms with van der Waals surface area (Å²) in [6.07, 6.45) is 2.79. The lowest BCUT2D eigenvalue weighted by Crippen LogP contribution is -2.42. The molecule has 1 amide bonds. The van der Waals surface area contributed by atoms with Crippen LogP contribution in [0, 0.1) is 18.8 Å². The summed E-state index contributed by atoms with van der Waals surface area (Å²) < 4.78 is 0. The number of hydrogen-bond donors (Lipinski definition) is 1. The maximum atomic E-state index is 12.5. The second kappa shape index (κ2) is 7.13. The Morgan fingerprint density at radius 2 is 1.83 bits per heavy atom. The highest BCUT2D eigenvalue weighted by atomic mass is 32.1. The number of carbonyl (C=O) groups excluding carboxylic acids is 2.